The van der Waals surface area contributed by atoms with E-state index in [4.69, 9.17) is 0 Å². The summed E-state index contributed by atoms with van der Waals surface area (Å²) in [6.07, 6.45) is 4.93. The van der Waals surface area contributed by atoms with Gasteiger partial charge in [0.15, 0.2) is 0 Å². The van der Waals surface area contributed by atoms with Gasteiger partial charge in [0, 0.05) is 30.8 Å². The van der Waals surface area contributed by atoms with Crippen molar-refractivity contribution in [3.05, 3.63) is 94.6 Å². The number of halogens is 2. The molecular formula is C31H34F2N2O3S. The molecule has 0 radical (unpaired) electrons. The number of rotatable bonds is 13. The minimum Gasteiger partial charge on any atom is -0.480 e. The molecule has 4 rings (SSSR count). The Labute approximate surface area is 232 Å². The maximum atomic E-state index is 13.7. The average Bonchev–Trinajstić information content (AvgIpc) is 3.74. The van der Waals surface area contributed by atoms with Crippen LogP contribution in [0.1, 0.15) is 46.3 Å². The fourth-order valence-corrected chi connectivity index (χ4v) is 5.28. The predicted octanol–water partition coefficient (Wildman–Crippen LogP) is 6.08. The average molecular weight is 553 g/mol. The van der Waals surface area contributed by atoms with E-state index in [-0.39, 0.29) is 0 Å². The zero-order valence-electron chi connectivity index (χ0n) is 22.3. The number of benzene rings is 3. The van der Waals surface area contributed by atoms with Gasteiger partial charge in [0.25, 0.3) is 5.91 Å². The number of carbonyl (C=O) groups excluding carboxylic acids is 1. The van der Waals surface area contributed by atoms with E-state index in [2.05, 4.69) is 10.2 Å². The fourth-order valence-electron chi connectivity index (χ4n) is 4.81. The minimum absolute atomic E-state index is 0.339. The number of carbonyl (C=O) groups is 2. The molecule has 39 heavy (non-hydrogen) atoms. The molecule has 0 aliphatic heterocycles. The van der Waals surface area contributed by atoms with Crippen LogP contribution in [0.3, 0.4) is 0 Å². The molecule has 0 spiro atoms. The standard InChI is InChI=1S/C31H34F2N2O3S/c1-20-5-3-4-6-26(20)28-17-22(7-10-27(28)30(36)34-29(31(37)38)12-14-39-2)19-35(25-8-9-25)13-11-21-15-23(32)18-24(33)16-21/h3-7,10,15-18,25,29H,8-9,11-14,19H2,1-2H3,(H,34,36)(H,37,38). The van der Waals surface area contributed by atoms with Crippen LogP contribution >= 0.6 is 11.8 Å². The molecule has 1 saturated carbocycles. The summed E-state index contributed by atoms with van der Waals surface area (Å²) in [4.78, 5) is 27.4. The van der Waals surface area contributed by atoms with Crippen LogP contribution in [0.25, 0.3) is 11.1 Å². The first-order valence-corrected chi connectivity index (χ1v) is 14.5. The lowest BCUT2D eigenvalue weighted by molar-refractivity contribution is -0.139. The molecule has 1 aliphatic carbocycles. The summed E-state index contributed by atoms with van der Waals surface area (Å²) in [5.74, 6) is -1.98. The Bertz CT molecular complexity index is 1310. The fraction of sp³-hybridized carbons (Fsp3) is 0.355. The molecule has 1 fully saturated rings. The predicted molar refractivity (Wildman–Crippen MR) is 152 cm³/mol. The van der Waals surface area contributed by atoms with Gasteiger partial charge < -0.3 is 10.4 Å². The molecule has 1 atom stereocenters. The monoisotopic (exact) mass is 552 g/mol. The molecule has 1 amide bonds. The summed E-state index contributed by atoms with van der Waals surface area (Å²) in [5, 5.41) is 12.3. The number of amides is 1. The number of thioether (sulfide) groups is 1. The summed E-state index contributed by atoms with van der Waals surface area (Å²) < 4.78 is 27.4. The van der Waals surface area contributed by atoms with Crippen molar-refractivity contribution in [1.29, 1.82) is 0 Å². The molecule has 0 aromatic heterocycles. The molecular weight excluding hydrogens is 518 g/mol. The van der Waals surface area contributed by atoms with Crippen molar-refractivity contribution < 1.29 is 23.5 Å². The second-order valence-electron chi connectivity index (χ2n) is 10.1. The third-order valence-electron chi connectivity index (χ3n) is 7.04. The Balaban J connectivity index is 1.59. The van der Waals surface area contributed by atoms with Crippen molar-refractivity contribution in [1.82, 2.24) is 10.2 Å². The lowest BCUT2D eigenvalue weighted by Crippen LogP contribution is -2.41. The van der Waals surface area contributed by atoms with E-state index in [1.807, 2.05) is 49.6 Å². The highest BCUT2D eigenvalue weighted by Crippen LogP contribution is 2.32. The zero-order chi connectivity index (χ0) is 27.9. The van der Waals surface area contributed by atoms with Crippen LogP contribution in [0.15, 0.2) is 60.7 Å². The van der Waals surface area contributed by atoms with Crippen LogP contribution in [0.4, 0.5) is 8.78 Å². The number of nitrogens with one attached hydrogen (secondary N) is 1. The summed E-state index contributed by atoms with van der Waals surface area (Å²) in [6.45, 7) is 3.27. The van der Waals surface area contributed by atoms with E-state index in [9.17, 15) is 23.5 Å². The quantitative estimate of drug-likeness (QED) is 0.269. The highest BCUT2D eigenvalue weighted by Gasteiger charge is 2.29. The topological polar surface area (TPSA) is 69.6 Å². The second-order valence-corrected chi connectivity index (χ2v) is 11.1. The highest BCUT2D eigenvalue weighted by molar-refractivity contribution is 7.98. The van der Waals surface area contributed by atoms with E-state index in [0.717, 1.165) is 41.2 Å². The van der Waals surface area contributed by atoms with Crippen molar-refractivity contribution in [3.8, 4) is 11.1 Å². The number of carboxylic acid groups (broad SMARTS) is 1. The third kappa shape index (κ3) is 7.90. The number of carboxylic acids is 1. The van der Waals surface area contributed by atoms with E-state index >= 15 is 0 Å². The third-order valence-corrected chi connectivity index (χ3v) is 7.68. The number of hydrogen-bond donors (Lipinski definition) is 2. The summed E-state index contributed by atoms with van der Waals surface area (Å²) in [5.41, 5.74) is 4.73. The van der Waals surface area contributed by atoms with Gasteiger partial charge in [-0.15, -0.1) is 0 Å². The minimum atomic E-state index is -1.05. The van der Waals surface area contributed by atoms with Crippen molar-refractivity contribution in [2.75, 3.05) is 18.6 Å². The Morgan fingerprint density at radius 1 is 1.03 bits per heavy atom. The summed E-state index contributed by atoms with van der Waals surface area (Å²) in [6, 6.07) is 16.6. The SMILES string of the molecule is CSCCC(NC(=O)c1ccc(CN(CCc2cc(F)cc(F)c2)C2CC2)cc1-c1ccccc1C)C(=O)O. The van der Waals surface area contributed by atoms with Gasteiger partial charge in [-0.05, 0) is 96.7 Å². The molecule has 1 aliphatic rings. The van der Waals surface area contributed by atoms with Crippen LogP contribution in [-0.4, -0.2) is 52.5 Å². The number of aliphatic carboxylic acids is 1. The van der Waals surface area contributed by atoms with Crippen molar-refractivity contribution in [2.45, 2.75) is 51.2 Å². The maximum absolute atomic E-state index is 13.7. The summed E-state index contributed by atoms with van der Waals surface area (Å²) in [7, 11) is 0. The lowest BCUT2D eigenvalue weighted by Gasteiger charge is -2.23. The van der Waals surface area contributed by atoms with Gasteiger partial charge in [-0.2, -0.15) is 11.8 Å². The Morgan fingerprint density at radius 2 is 1.74 bits per heavy atom. The second kappa shape index (κ2) is 13.2. The van der Waals surface area contributed by atoms with Gasteiger partial charge in [0.05, 0.1) is 0 Å². The molecule has 0 heterocycles. The Morgan fingerprint density at radius 3 is 2.38 bits per heavy atom. The molecule has 5 nitrogen and oxygen atoms in total. The molecule has 3 aromatic carbocycles. The van der Waals surface area contributed by atoms with E-state index < -0.39 is 29.6 Å². The smallest absolute Gasteiger partial charge is 0.326 e. The molecule has 0 saturated heterocycles. The van der Waals surface area contributed by atoms with Gasteiger partial charge in [-0.25, -0.2) is 13.6 Å². The first kappa shape index (κ1) is 28.8. The number of nitrogens with zero attached hydrogens (tertiary/aromatic N) is 1. The normalized spacial score (nSPS) is 13.9. The largest absolute Gasteiger partial charge is 0.480 e. The van der Waals surface area contributed by atoms with Crippen LogP contribution in [0.2, 0.25) is 0 Å². The van der Waals surface area contributed by atoms with Gasteiger partial charge in [0.1, 0.15) is 17.7 Å². The van der Waals surface area contributed by atoms with Crippen LogP contribution in [-0.2, 0) is 17.8 Å². The van der Waals surface area contributed by atoms with Crippen LogP contribution < -0.4 is 5.32 Å². The molecule has 206 valence electrons. The molecule has 1 unspecified atom stereocenters. The molecule has 3 aromatic rings. The van der Waals surface area contributed by atoms with Crippen molar-refractivity contribution in [3.63, 3.8) is 0 Å². The van der Waals surface area contributed by atoms with Crippen molar-refractivity contribution >= 4 is 23.6 Å². The van der Waals surface area contributed by atoms with E-state index in [1.54, 1.807) is 6.07 Å². The van der Waals surface area contributed by atoms with E-state index in [1.165, 1.54) is 23.9 Å². The Hall–Kier alpha value is -3.23. The van der Waals surface area contributed by atoms with Gasteiger partial charge in [0.2, 0.25) is 0 Å². The van der Waals surface area contributed by atoms with Gasteiger partial charge >= 0.3 is 5.97 Å². The Kier molecular flexibility index (Phi) is 9.75. The number of hydrogen-bond acceptors (Lipinski definition) is 4. The summed E-state index contributed by atoms with van der Waals surface area (Å²) >= 11 is 1.53. The maximum Gasteiger partial charge on any atom is 0.326 e. The number of aryl methyl sites for hydroxylation is 1. The van der Waals surface area contributed by atoms with E-state index in [0.29, 0.717) is 48.9 Å². The van der Waals surface area contributed by atoms with Crippen LogP contribution in [0.5, 0.6) is 0 Å². The molecule has 0 bridgehead atoms. The first-order valence-electron chi connectivity index (χ1n) is 13.2. The van der Waals surface area contributed by atoms with Crippen molar-refractivity contribution in [2.24, 2.45) is 0 Å². The highest BCUT2D eigenvalue weighted by atomic mass is 32.2. The first-order chi connectivity index (χ1) is 18.7. The van der Waals surface area contributed by atoms with Gasteiger partial charge in [-0.1, -0.05) is 30.3 Å². The van der Waals surface area contributed by atoms with Gasteiger partial charge in [-0.3, -0.25) is 9.69 Å². The lowest BCUT2D eigenvalue weighted by atomic mass is 9.93. The molecule has 2 N–H and O–H groups in total. The van der Waals surface area contributed by atoms with Crippen LogP contribution in [0, 0.1) is 18.6 Å². The zero-order valence-corrected chi connectivity index (χ0v) is 23.1. The molecule has 8 heteroatoms.